The molecular formula is C25H36N2O4S. The molecule has 2 heterocycles. The Labute approximate surface area is 195 Å². The van der Waals surface area contributed by atoms with Crippen molar-refractivity contribution >= 4 is 28.2 Å². The molecule has 0 spiro atoms. The van der Waals surface area contributed by atoms with E-state index in [2.05, 4.69) is 10.5 Å². The van der Waals surface area contributed by atoms with E-state index in [9.17, 15) is 9.59 Å². The number of aryl methyl sites for hydroxylation is 3. The first-order chi connectivity index (χ1) is 15.6. The van der Waals surface area contributed by atoms with Crippen LogP contribution in [0.1, 0.15) is 114 Å². The highest BCUT2D eigenvalue weighted by molar-refractivity contribution is 7.17. The molecule has 0 bridgehead atoms. The maximum Gasteiger partial charge on any atom is 0.341 e. The predicted octanol–water partition coefficient (Wildman–Crippen LogP) is 6.65. The van der Waals surface area contributed by atoms with Crippen molar-refractivity contribution in [1.29, 1.82) is 0 Å². The SMILES string of the molecule is CCOC(=O)c1c(NC(=O)c2c(CC)noc2C)sc2c1CCCCCCCCCCC2. The van der Waals surface area contributed by atoms with Gasteiger partial charge in [0.25, 0.3) is 5.91 Å². The molecule has 0 saturated heterocycles. The second-order valence-corrected chi connectivity index (χ2v) is 9.58. The second kappa shape index (κ2) is 12.2. The number of hydrogen-bond acceptors (Lipinski definition) is 6. The maximum atomic E-state index is 13.1. The summed E-state index contributed by atoms with van der Waals surface area (Å²) in [6.07, 6.45) is 13.3. The van der Waals surface area contributed by atoms with Crippen molar-refractivity contribution in [2.45, 2.75) is 97.8 Å². The maximum absolute atomic E-state index is 13.1. The average molecular weight is 461 g/mol. The van der Waals surface area contributed by atoms with Gasteiger partial charge in [0.2, 0.25) is 0 Å². The summed E-state index contributed by atoms with van der Waals surface area (Å²) in [4.78, 5) is 27.3. The lowest BCUT2D eigenvalue weighted by molar-refractivity contribution is 0.0526. The van der Waals surface area contributed by atoms with Crippen molar-refractivity contribution in [3.63, 3.8) is 0 Å². The average Bonchev–Trinajstić information content (AvgIpc) is 3.31. The minimum absolute atomic E-state index is 0.278. The Morgan fingerprint density at radius 1 is 0.969 bits per heavy atom. The van der Waals surface area contributed by atoms with Crippen LogP contribution in [0.15, 0.2) is 4.52 Å². The number of thiophene rings is 1. The number of esters is 1. The summed E-state index contributed by atoms with van der Waals surface area (Å²) in [6.45, 7) is 5.80. The standard InChI is InChI=1S/C25H36N2O4S/c1-4-19-21(17(3)31-27-19)23(28)26-24-22(25(29)30-5-2)18-15-13-11-9-7-6-8-10-12-14-16-20(18)32-24/h4-16H2,1-3H3,(H,26,28). The predicted molar refractivity (Wildman–Crippen MR) is 128 cm³/mol. The number of carbonyl (C=O) groups is 2. The van der Waals surface area contributed by atoms with Gasteiger partial charge in [-0.3, -0.25) is 4.79 Å². The number of rotatable bonds is 5. The summed E-state index contributed by atoms with van der Waals surface area (Å²) in [5.41, 5.74) is 2.70. The highest BCUT2D eigenvalue weighted by atomic mass is 32.1. The molecule has 7 heteroatoms. The van der Waals surface area contributed by atoms with Crippen LogP contribution in [0.5, 0.6) is 0 Å². The van der Waals surface area contributed by atoms with Crippen LogP contribution in [0.2, 0.25) is 0 Å². The number of aromatic nitrogens is 1. The fourth-order valence-corrected chi connectivity index (χ4v) is 5.70. The number of hydrogen-bond donors (Lipinski definition) is 1. The largest absolute Gasteiger partial charge is 0.462 e. The Balaban J connectivity index is 1.94. The van der Waals surface area contributed by atoms with Crippen LogP contribution in [0.4, 0.5) is 5.00 Å². The normalized spacial score (nSPS) is 15.7. The van der Waals surface area contributed by atoms with Gasteiger partial charge in [0.15, 0.2) is 0 Å². The second-order valence-electron chi connectivity index (χ2n) is 8.48. The van der Waals surface area contributed by atoms with E-state index >= 15 is 0 Å². The van der Waals surface area contributed by atoms with Crippen LogP contribution in [0, 0.1) is 6.92 Å². The molecule has 6 nitrogen and oxygen atoms in total. The first-order valence-corrected chi connectivity index (χ1v) is 13.0. The number of nitrogens with one attached hydrogen (secondary N) is 1. The van der Waals surface area contributed by atoms with E-state index < -0.39 is 0 Å². The summed E-state index contributed by atoms with van der Waals surface area (Å²) < 4.78 is 10.7. The molecule has 2 aromatic rings. The third-order valence-electron chi connectivity index (χ3n) is 6.12. The lowest BCUT2D eigenvalue weighted by atomic mass is 10.00. The van der Waals surface area contributed by atoms with Crippen LogP contribution < -0.4 is 5.32 Å². The third-order valence-corrected chi connectivity index (χ3v) is 7.33. The lowest BCUT2D eigenvalue weighted by Gasteiger charge is -2.09. The molecular weight excluding hydrogens is 424 g/mol. The third kappa shape index (κ3) is 6.00. The van der Waals surface area contributed by atoms with E-state index in [-0.39, 0.29) is 11.9 Å². The zero-order valence-corrected chi connectivity index (χ0v) is 20.5. The van der Waals surface area contributed by atoms with Gasteiger partial charge in [0.1, 0.15) is 16.3 Å². The zero-order chi connectivity index (χ0) is 22.9. The van der Waals surface area contributed by atoms with Crippen LogP contribution in [0.25, 0.3) is 0 Å². The van der Waals surface area contributed by atoms with E-state index in [1.54, 1.807) is 6.92 Å². The lowest BCUT2D eigenvalue weighted by Crippen LogP contribution is -2.17. The number of anilines is 1. The van der Waals surface area contributed by atoms with Gasteiger partial charge in [-0.15, -0.1) is 11.3 Å². The summed E-state index contributed by atoms with van der Waals surface area (Å²) in [7, 11) is 0. The Hall–Kier alpha value is -2.15. The van der Waals surface area contributed by atoms with Crippen LogP contribution in [-0.4, -0.2) is 23.6 Å². The van der Waals surface area contributed by atoms with Crippen LogP contribution in [-0.2, 0) is 24.0 Å². The first-order valence-electron chi connectivity index (χ1n) is 12.1. The van der Waals surface area contributed by atoms with Crippen molar-refractivity contribution in [3.05, 3.63) is 33.0 Å². The van der Waals surface area contributed by atoms with Gasteiger partial charge in [-0.2, -0.15) is 0 Å². The van der Waals surface area contributed by atoms with Gasteiger partial charge in [-0.05, 0) is 51.5 Å². The number of ether oxygens (including phenoxy) is 1. The van der Waals surface area contributed by atoms with Gasteiger partial charge in [0.05, 0.1) is 17.9 Å². The quantitative estimate of drug-likeness (QED) is 0.505. The van der Waals surface area contributed by atoms with Gasteiger partial charge >= 0.3 is 5.97 Å². The molecule has 0 aromatic carbocycles. The Morgan fingerprint density at radius 2 is 1.59 bits per heavy atom. The summed E-state index contributed by atoms with van der Waals surface area (Å²) in [5.74, 6) is -0.134. The number of carbonyl (C=O) groups excluding carboxylic acids is 2. The highest BCUT2D eigenvalue weighted by Crippen LogP contribution is 2.37. The van der Waals surface area contributed by atoms with Gasteiger partial charge in [-0.25, -0.2) is 4.79 Å². The Morgan fingerprint density at radius 3 is 2.22 bits per heavy atom. The van der Waals surface area contributed by atoms with Crippen molar-refractivity contribution in [2.75, 3.05) is 11.9 Å². The number of fused-ring (bicyclic) bond motifs is 1. The first kappa shape index (κ1) is 24.5. The molecule has 3 rings (SSSR count). The molecule has 1 aliphatic rings. The van der Waals surface area contributed by atoms with Crippen molar-refractivity contribution in [2.24, 2.45) is 0 Å². The highest BCUT2D eigenvalue weighted by Gasteiger charge is 2.27. The number of nitrogens with zero attached hydrogens (tertiary/aromatic N) is 1. The minimum atomic E-state index is -0.345. The van der Waals surface area contributed by atoms with E-state index in [1.165, 1.54) is 61.2 Å². The summed E-state index contributed by atoms with van der Waals surface area (Å²) in [6, 6.07) is 0. The van der Waals surface area contributed by atoms with Crippen LogP contribution >= 0.6 is 11.3 Å². The smallest absolute Gasteiger partial charge is 0.341 e. The van der Waals surface area contributed by atoms with Crippen molar-refractivity contribution in [3.8, 4) is 0 Å². The number of amides is 1. The molecule has 0 unspecified atom stereocenters. The van der Waals surface area contributed by atoms with Crippen molar-refractivity contribution in [1.82, 2.24) is 5.16 Å². The van der Waals surface area contributed by atoms with Gasteiger partial charge in [0, 0.05) is 4.88 Å². The van der Waals surface area contributed by atoms with Crippen molar-refractivity contribution < 1.29 is 18.8 Å². The molecule has 1 aliphatic carbocycles. The monoisotopic (exact) mass is 460 g/mol. The Bertz CT molecular complexity index is 915. The summed E-state index contributed by atoms with van der Waals surface area (Å²) >= 11 is 1.53. The topological polar surface area (TPSA) is 81.4 Å². The van der Waals surface area contributed by atoms with E-state index in [0.717, 1.165) is 31.2 Å². The van der Waals surface area contributed by atoms with Gasteiger partial charge < -0.3 is 14.6 Å². The molecule has 0 radical (unpaired) electrons. The molecule has 176 valence electrons. The molecule has 0 aliphatic heterocycles. The molecule has 32 heavy (non-hydrogen) atoms. The van der Waals surface area contributed by atoms with Crippen LogP contribution in [0.3, 0.4) is 0 Å². The van der Waals surface area contributed by atoms with E-state index in [4.69, 9.17) is 9.26 Å². The molecule has 1 amide bonds. The molecule has 0 atom stereocenters. The van der Waals surface area contributed by atoms with E-state index in [1.807, 2.05) is 13.8 Å². The zero-order valence-electron chi connectivity index (χ0n) is 19.7. The summed E-state index contributed by atoms with van der Waals surface area (Å²) in [5, 5.41) is 7.60. The molecule has 2 aromatic heterocycles. The van der Waals surface area contributed by atoms with Gasteiger partial charge in [-0.1, -0.05) is 57.0 Å². The minimum Gasteiger partial charge on any atom is -0.462 e. The fourth-order valence-electron chi connectivity index (χ4n) is 4.43. The molecule has 0 saturated carbocycles. The fraction of sp³-hybridized carbons (Fsp3) is 0.640. The molecule has 1 N–H and O–H groups in total. The molecule has 0 fully saturated rings. The Kier molecular flexibility index (Phi) is 9.33. The van der Waals surface area contributed by atoms with E-state index in [0.29, 0.717) is 40.6 Å².